The molecule has 1 heterocycles. The van der Waals surface area contributed by atoms with Crippen molar-refractivity contribution in [3.8, 4) is 6.07 Å². The van der Waals surface area contributed by atoms with Crippen molar-refractivity contribution in [2.45, 2.75) is 31.9 Å². The van der Waals surface area contributed by atoms with Gasteiger partial charge in [0.05, 0.1) is 6.10 Å². The third-order valence-corrected chi connectivity index (χ3v) is 3.46. The smallest absolute Gasteiger partial charge is 0.157 e. The van der Waals surface area contributed by atoms with E-state index in [9.17, 15) is 0 Å². The Labute approximate surface area is 98.4 Å². The fourth-order valence-electron chi connectivity index (χ4n) is 1.75. The Bertz CT molecular complexity index is 405. The Morgan fingerprint density at radius 2 is 2.44 bits per heavy atom. The summed E-state index contributed by atoms with van der Waals surface area (Å²) in [5, 5.41) is 13.0. The number of nitrogens with two attached hydrogens (primary N) is 1. The summed E-state index contributed by atoms with van der Waals surface area (Å²) < 4.78 is 9.42. The molecule has 1 aliphatic carbocycles. The molecule has 3 N–H and O–H groups in total. The summed E-state index contributed by atoms with van der Waals surface area (Å²) in [6.07, 6.45) is 2.32. The number of nitrogens with zero attached hydrogens (tertiary/aromatic N) is 2. The Morgan fingerprint density at radius 3 is 3.06 bits per heavy atom. The number of aromatic nitrogens is 1. The van der Waals surface area contributed by atoms with Crippen molar-refractivity contribution < 1.29 is 4.74 Å². The van der Waals surface area contributed by atoms with E-state index in [0.29, 0.717) is 23.5 Å². The Morgan fingerprint density at radius 1 is 1.69 bits per heavy atom. The van der Waals surface area contributed by atoms with Gasteiger partial charge in [-0.25, -0.2) is 0 Å². The van der Waals surface area contributed by atoms with E-state index in [0.717, 1.165) is 24.4 Å². The fraction of sp³-hybridized carbons (Fsp3) is 0.600. The lowest BCUT2D eigenvalue weighted by atomic mass is 9.89. The number of ether oxygens (including phenoxy) is 1. The third kappa shape index (κ3) is 2.10. The van der Waals surface area contributed by atoms with Crippen molar-refractivity contribution in [2.75, 3.05) is 17.7 Å². The molecular formula is C10H14N4OS. The van der Waals surface area contributed by atoms with Crippen LogP contribution in [-0.2, 0) is 4.74 Å². The molecule has 86 valence electrons. The SMILES string of the molecule is CCOC1CC(Nc2snc(N)c2C#N)C1. The van der Waals surface area contributed by atoms with Crippen LogP contribution in [0.15, 0.2) is 0 Å². The molecule has 0 saturated heterocycles. The van der Waals surface area contributed by atoms with Gasteiger partial charge in [0.25, 0.3) is 0 Å². The zero-order chi connectivity index (χ0) is 11.5. The van der Waals surface area contributed by atoms with Crippen LogP contribution in [0.4, 0.5) is 10.8 Å². The van der Waals surface area contributed by atoms with Crippen LogP contribution in [0.2, 0.25) is 0 Å². The van der Waals surface area contributed by atoms with Gasteiger partial charge in [-0.3, -0.25) is 0 Å². The number of anilines is 2. The molecule has 1 saturated carbocycles. The van der Waals surface area contributed by atoms with Gasteiger partial charge in [-0.1, -0.05) is 0 Å². The van der Waals surface area contributed by atoms with Gasteiger partial charge in [-0.2, -0.15) is 9.64 Å². The van der Waals surface area contributed by atoms with Gasteiger partial charge in [0.15, 0.2) is 5.82 Å². The van der Waals surface area contributed by atoms with E-state index in [2.05, 4.69) is 15.8 Å². The molecule has 16 heavy (non-hydrogen) atoms. The van der Waals surface area contributed by atoms with Crippen LogP contribution in [0.1, 0.15) is 25.3 Å². The maximum absolute atomic E-state index is 8.90. The van der Waals surface area contributed by atoms with Gasteiger partial charge in [0.1, 0.15) is 16.6 Å². The molecule has 0 aromatic carbocycles. The zero-order valence-corrected chi connectivity index (χ0v) is 9.88. The van der Waals surface area contributed by atoms with Crippen LogP contribution in [0.3, 0.4) is 0 Å². The van der Waals surface area contributed by atoms with E-state index < -0.39 is 0 Å². The average Bonchev–Trinajstić information content (AvgIpc) is 2.56. The second kappa shape index (κ2) is 4.68. The van der Waals surface area contributed by atoms with E-state index in [4.69, 9.17) is 15.7 Å². The molecule has 5 nitrogen and oxygen atoms in total. The molecule has 1 aromatic heterocycles. The molecule has 1 aliphatic rings. The quantitative estimate of drug-likeness (QED) is 0.832. The summed E-state index contributed by atoms with van der Waals surface area (Å²) in [4.78, 5) is 0. The van der Waals surface area contributed by atoms with Crippen molar-refractivity contribution in [2.24, 2.45) is 0 Å². The summed E-state index contributed by atoms with van der Waals surface area (Å²) in [7, 11) is 0. The number of hydrogen-bond acceptors (Lipinski definition) is 6. The Kier molecular flexibility index (Phi) is 3.27. The Hall–Kier alpha value is -1.32. The first kappa shape index (κ1) is 11.2. The molecule has 0 bridgehead atoms. The van der Waals surface area contributed by atoms with Gasteiger partial charge in [0, 0.05) is 12.6 Å². The molecular weight excluding hydrogens is 224 g/mol. The van der Waals surface area contributed by atoms with Crippen LogP contribution in [0, 0.1) is 11.3 Å². The molecule has 2 rings (SSSR count). The molecule has 0 amide bonds. The molecule has 0 aliphatic heterocycles. The predicted molar refractivity (Wildman–Crippen MR) is 63.3 cm³/mol. The summed E-state index contributed by atoms with van der Waals surface area (Å²) >= 11 is 1.24. The monoisotopic (exact) mass is 238 g/mol. The Balaban J connectivity index is 1.90. The second-order valence-electron chi connectivity index (χ2n) is 3.77. The van der Waals surface area contributed by atoms with Crippen LogP contribution in [0.25, 0.3) is 0 Å². The summed E-state index contributed by atoms with van der Waals surface area (Å²) in [5.41, 5.74) is 6.04. The molecule has 1 fully saturated rings. The highest BCUT2D eigenvalue weighted by Gasteiger charge is 2.30. The van der Waals surface area contributed by atoms with Gasteiger partial charge in [-0.05, 0) is 31.3 Å². The zero-order valence-electron chi connectivity index (χ0n) is 9.06. The highest BCUT2D eigenvalue weighted by molar-refractivity contribution is 7.10. The topological polar surface area (TPSA) is 84.0 Å². The number of nitrogen functional groups attached to an aromatic ring is 1. The standard InChI is InChI=1S/C10H14N4OS/c1-2-15-7-3-6(4-7)13-10-8(5-11)9(12)14-16-10/h6-7,13H,2-4H2,1H3,(H2,12,14). The molecule has 0 unspecified atom stereocenters. The van der Waals surface area contributed by atoms with Crippen molar-refractivity contribution >= 4 is 22.4 Å². The molecule has 6 heteroatoms. The molecule has 0 atom stereocenters. The number of rotatable bonds is 4. The van der Waals surface area contributed by atoms with Gasteiger partial charge < -0.3 is 15.8 Å². The molecule has 0 radical (unpaired) electrons. The molecule has 1 aromatic rings. The molecule has 0 spiro atoms. The van der Waals surface area contributed by atoms with Gasteiger partial charge >= 0.3 is 0 Å². The highest BCUT2D eigenvalue weighted by Crippen LogP contribution is 2.32. The lowest BCUT2D eigenvalue weighted by Gasteiger charge is -2.35. The summed E-state index contributed by atoms with van der Waals surface area (Å²) in [5.74, 6) is 0.315. The van der Waals surface area contributed by atoms with E-state index in [1.165, 1.54) is 11.5 Å². The lowest BCUT2D eigenvalue weighted by Crippen LogP contribution is -2.40. The van der Waals surface area contributed by atoms with Crippen molar-refractivity contribution in [3.05, 3.63) is 5.56 Å². The minimum absolute atomic E-state index is 0.315. The minimum atomic E-state index is 0.315. The second-order valence-corrected chi connectivity index (χ2v) is 4.55. The summed E-state index contributed by atoms with van der Waals surface area (Å²) in [6, 6.07) is 2.44. The van der Waals surface area contributed by atoms with Crippen molar-refractivity contribution in [1.29, 1.82) is 5.26 Å². The summed E-state index contributed by atoms with van der Waals surface area (Å²) in [6.45, 7) is 2.76. The van der Waals surface area contributed by atoms with Crippen LogP contribution < -0.4 is 11.1 Å². The average molecular weight is 238 g/mol. The van der Waals surface area contributed by atoms with Gasteiger partial charge in [-0.15, -0.1) is 0 Å². The lowest BCUT2D eigenvalue weighted by molar-refractivity contribution is 0.00305. The van der Waals surface area contributed by atoms with Crippen molar-refractivity contribution in [1.82, 2.24) is 4.37 Å². The fourth-order valence-corrected chi connectivity index (χ4v) is 2.49. The van der Waals surface area contributed by atoms with E-state index >= 15 is 0 Å². The van der Waals surface area contributed by atoms with E-state index in [-0.39, 0.29) is 0 Å². The predicted octanol–water partition coefficient (Wildman–Crippen LogP) is 1.58. The highest BCUT2D eigenvalue weighted by atomic mass is 32.1. The first-order chi connectivity index (χ1) is 7.74. The first-order valence-corrected chi connectivity index (χ1v) is 6.05. The van der Waals surface area contributed by atoms with Crippen LogP contribution in [-0.4, -0.2) is 23.1 Å². The number of hydrogen-bond donors (Lipinski definition) is 2. The van der Waals surface area contributed by atoms with E-state index in [1.54, 1.807) is 0 Å². The van der Waals surface area contributed by atoms with Crippen molar-refractivity contribution in [3.63, 3.8) is 0 Å². The van der Waals surface area contributed by atoms with Gasteiger partial charge in [0.2, 0.25) is 0 Å². The first-order valence-electron chi connectivity index (χ1n) is 5.28. The third-order valence-electron chi connectivity index (χ3n) is 2.66. The van der Waals surface area contributed by atoms with Crippen LogP contribution >= 0.6 is 11.5 Å². The maximum Gasteiger partial charge on any atom is 0.157 e. The number of nitrogens with one attached hydrogen (secondary N) is 1. The number of nitriles is 1. The minimum Gasteiger partial charge on any atom is -0.382 e. The normalized spacial score (nSPS) is 23.5. The van der Waals surface area contributed by atoms with Crippen LogP contribution in [0.5, 0.6) is 0 Å². The maximum atomic E-state index is 8.90. The van der Waals surface area contributed by atoms with E-state index in [1.807, 2.05) is 6.92 Å². The largest absolute Gasteiger partial charge is 0.382 e.